The highest BCUT2D eigenvalue weighted by molar-refractivity contribution is 6.47. The monoisotopic (exact) mass is 532 g/mol. The SMILES string of the molecule is CCOC(=O)c1nc(Cl)c(Cl)c(N=Nc2c(Cl)c(Cl)nc(C(=O)OCC)c2Cl)c1Cl. The van der Waals surface area contributed by atoms with Crippen LogP contribution in [0.2, 0.25) is 30.4 Å². The van der Waals surface area contributed by atoms with Crippen molar-refractivity contribution in [3.05, 3.63) is 41.8 Å². The molecule has 0 aromatic carbocycles. The fourth-order valence-corrected chi connectivity index (χ4v) is 3.25. The minimum atomic E-state index is -0.842. The Balaban J connectivity index is 2.62. The number of carbonyl (C=O) groups is 2. The van der Waals surface area contributed by atoms with Gasteiger partial charge in [-0.2, -0.15) is 0 Å². The first kappa shape index (κ1) is 24.8. The van der Waals surface area contributed by atoms with Crippen molar-refractivity contribution in [1.29, 1.82) is 0 Å². The van der Waals surface area contributed by atoms with Crippen LogP contribution < -0.4 is 0 Å². The van der Waals surface area contributed by atoms with E-state index in [-0.39, 0.29) is 66.4 Å². The van der Waals surface area contributed by atoms with E-state index in [0.717, 1.165) is 0 Å². The molecule has 14 heteroatoms. The average molecular weight is 535 g/mol. The Morgan fingerprint density at radius 2 is 1.03 bits per heavy atom. The van der Waals surface area contributed by atoms with E-state index in [4.69, 9.17) is 79.1 Å². The Hall–Kier alpha value is -1.42. The van der Waals surface area contributed by atoms with E-state index in [1.165, 1.54) is 0 Å². The van der Waals surface area contributed by atoms with Gasteiger partial charge in [0.15, 0.2) is 21.7 Å². The van der Waals surface area contributed by atoms with Gasteiger partial charge in [0.05, 0.1) is 13.2 Å². The molecule has 0 aliphatic carbocycles. The zero-order valence-electron chi connectivity index (χ0n) is 15.1. The zero-order valence-corrected chi connectivity index (χ0v) is 19.6. The van der Waals surface area contributed by atoms with E-state index >= 15 is 0 Å². The van der Waals surface area contributed by atoms with Gasteiger partial charge in [-0.25, -0.2) is 19.6 Å². The van der Waals surface area contributed by atoms with E-state index < -0.39 is 11.9 Å². The van der Waals surface area contributed by atoms with Crippen molar-refractivity contribution in [3.8, 4) is 0 Å². The maximum absolute atomic E-state index is 12.0. The Bertz CT molecular complexity index is 966. The summed E-state index contributed by atoms with van der Waals surface area (Å²) in [6.45, 7) is 3.35. The van der Waals surface area contributed by atoms with Crippen molar-refractivity contribution in [3.63, 3.8) is 0 Å². The molecule has 0 saturated heterocycles. The molecule has 0 amide bonds. The van der Waals surface area contributed by atoms with Crippen molar-refractivity contribution < 1.29 is 19.1 Å². The number of nitrogens with zero attached hydrogens (tertiary/aromatic N) is 4. The number of pyridine rings is 2. The number of rotatable bonds is 6. The number of hydrogen-bond acceptors (Lipinski definition) is 8. The summed E-state index contributed by atoms with van der Waals surface area (Å²) >= 11 is 36.4. The van der Waals surface area contributed by atoms with Gasteiger partial charge in [0.2, 0.25) is 0 Å². The molecule has 0 saturated carbocycles. The molecule has 0 aliphatic rings. The molecule has 0 N–H and O–H groups in total. The van der Waals surface area contributed by atoms with Crippen LogP contribution in [0.15, 0.2) is 10.2 Å². The molecule has 8 nitrogen and oxygen atoms in total. The number of aromatic nitrogens is 2. The van der Waals surface area contributed by atoms with Crippen molar-refractivity contribution in [2.45, 2.75) is 13.8 Å². The van der Waals surface area contributed by atoms with Crippen LogP contribution in [-0.4, -0.2) is 35.1 Å². The fourth-order valence-electron chi connectivity index (χ4n) is 1.95. The van der Waals surface area contributed by atoms with E-state index in [9.17, 15) is 9.59 Å². The number of hydrogen-bond donors (Lipinski definition) is 0. The summed E-state index contributed by atoms with van der Waals surface area (Å²) in [5, 5.41) is 6.26. The fraction of sp³-hybridized carbons (Fsp3) is 0.250. The van der Waals surface area contributed by atoms with Crippen molar-refractivity contribution in [1.82, 2.24) is 9.97 Å². The lowest BCUT2D eigenvalue weighted by molar-refractivity contribution is 0.0510. The van der Waals surface area contributed by atoms with Crippen LogP contribution in [0.25, 0.3) is 0 Å². The first-order chi connectivity index (χ1) is 14.1. The third-order valence-corrected chi connectivity index (χ3v) is 5.39. The molecule has 2 aromatic rings. The molecule has 160 valence electrons. The van der Waals surface area contributed by atoms with Gasteiger partial charge in [0.25, 0.3) is 0 Å². The van der Waals surface area contributed by atoms with E-state index in [0.29, 0.717) is 0 Å². The number of carbonyl (C=O) groups excluding carboxylic acids is 2. The predicted molar refractivity (Wildman–Crippen MR) is 115 cm³/mol. The molecule has 0 fully saturated rings. The van der Waals surface area contributed by atoms with Crippen molar-refractivity contribution >= 4 is 92.9 Å². The van der Waals surface area contributed by atoms with Crippen LogP contribution in [0, 0.1) is 0 Å². The first-order valence-electron chi connectivity index (χ1n) is 7.98. The Kier molecular flexibility index (Phi) is 8.90. The summed E-state index contributed by atoms with van der Waals surface area (Å²) in [7, 11) is 0. The highest BCUT2D eigenvalue weighted by Gasteiger charge is 2.25. The molecular formula is C16H10Cl6N4O4. The smallest absolute Gasteiger partial charge is 0.358 e. The molecule has 0 radical (unpaired) electrons. The molecule has 2 heterocycles. The van der Waals surface area contributed by atoms with Gasteiger partial charge >= 0.3 is 11.9 Å². The van der Waals surface area contributed by atoms with Crippen LogP contribution in [0.1, 0.15) is 34.8 Å². The van der Waals surface area contributed by atoms with E-state index in [2.05, 4.69) is 20.2 Å². The third kappa shape index (κ3) is 5.25. The highest BCUT2D eigenvalue weighted by Crippen LogP contribution is 2.43. The lowest BCUT2D eigenvalue weighted by Gasteiger charge is -2.09. The van der Waals surface area contributed by atoms with E-state index in [1.54, 1.807) is 13.8 Å². The number of esters is 2. The highest BCUT2D eigenvalue weighted by atomic mass is 35.5. The predicted octanol–water partition coefficient (Wildman–Crippen LogP) is 7.17. The van der Waals surface area contributed by atoms with Gasteiger partial charge in [-0.3, -0.25) is 0 Å². The van der Waals surface area contributed by atoms with Crippen LogP contribution in [-0.2, 0) is 9.47 Å². The van der Waals surface area contributed by atoms with Gasteiger partial charge in [0.1, 0.15) is 31.5 Å². The standard InChI is InChI=1S/C16H10Cl6N4O4/c1-3-29-15(27)11-5(17)9(7(19)13(21)23-11)25-26-10-6(18)12(16(28)30-4-2)24-14(22)8(10)20/h3-4H2,1-2H3. The van der Waals surface area contributed by atoms with Gasteiger partial charge in [0, 0.05) is 0 Å². The second-order valence-electron chi connectivity index (χ2n) is 5.10. The largest absolute Gasteiger partial charge is 0.461 e. The van der Waals surface area contributed by atoms with Gasteiger partial charge in [-0.1, -0.05) is 69.6 Å². The van der Waals surface area contributed by atoms with Crippen LogP contribution in [0.4, 0.5) is 11.4 Å². The lowest BCUT2D eigenvalue weighted by Crippen LogP contribution is -2.08. The Morgan fingerprint density at radius 1 is 0.700 bits per heavy atom. The minimum Gasteiger partial charge on any atom is -0.461 e. The zero-order chi connectivity index (χ0) is 22.6. The molecule has 0 spiro atoms. The summed E-state index contributed by atoms with van der Waals surface area (Å²) < 4.78 is 9.72. The van der Waals surface area contributed by atoms with Gasteiger partial charge in [-0.05, 0) is 13.8 Å². The maximum Gasteiger partial charge on any atom is 0.358 e. The van der Waals surface area contributed by atoms with Gasteiger partial charge in [-0.15, -0.1) is 10.2 Å². The Morgan fingerprint density at radius 3 is 1.33 bits per heavy atom. The molecule has 2 aromatic heterocycles. The third-order valence-electron chi connectivity index (χ3n) is 3.22. The summed E-state index contributed by atoms with van der Waals surface area (Å²) in [5.74, 6) is -1.68. The molecule has 2 rings (SSSR count). The molecule has 0 aliphatic heterocycles. The van der Waals surface area contributed by atoms with Crippen LogP contribution in [0.5, 0.6) is 0 Å². The number of azo groups is 1. The Labute approximate surface area is 200 Å². The van der Waals surface area contributed by atoms with E-state index in [1.807, 2.05) is 0 Å². The maximum atomic E-state index is 12.0. The summed E-state index contributed by atoms with van der Waals surface area (Å²) in [6, 6.07) is 0. The number of ether oxygens (including phenoxy) is 2. The van der Waals surface area contributed by atoms with Crippen LogP contribution >= 0.6 is 69.6 Å². The summed E-state index contributed by atoms with van der Waals surface area (Å²) in [4.78, 5) is 31.6. The van der Waals surface area contributed by atoms with Crippen molar-refractivity contribution in [2.24, 2.45) is 10.2 Å². The normalized spacial score (nSPS) is 11.1. The second-order valence-corrected chi connectivity index (χ2v) is 7.32. The molecular weight excluding hydrogens is 525 g/mol. The summed E-state index contributed by atoms with van der Waals surface area (Å²) in [6.07, 6.45) is 0. The molecule has 30 heavy (non-hydrogen) atoms. The lowest BCUT2D eigenvalue weighted by atomic mass is 10.3. The average Bonchev–Trinajstić information content (AvgIpc) is 2.69. The topological polar surface area (TPSA) is 103 Å². The first-order valence-corrected chi connectivity index (χ1v) is 10.3. The molecule has 0 atom stereocenters. The second kappa shape index (κ2) is 10.7. The van der Waals surface area contributed by atoms with Crippen molar-refractivity contribution in [2.75, 3.05) is 13.2 Å². The number of halogens is 6. The quantitative estimate of drug-likeness (QED) is 0.221. The molecule has 0 unspecified atom stereocenters. The molecule has 0 bridgehead atoms. The minimum absolute atomic E-state index is 0.0747. The summed E-state index contributed by atoms with van der Waals surface area (Å²) in [5.41, 5.74) is -1.06. The van der Waals surface area contributed by atoms with Crippen LogP contribution in [0.3, 0.4) is 0 Å². The van der Waals surface area contributed by atoms with Gasteiger partial charge < -0.3 is 9.47 Å².